The second kappa shape index (κ2) is 8.25. The van der Waals surface area contributed by atoms with E-state index >= 15 is 0 Å². The van der Waals surface area contributed by atoms with Crippen molar-refractivity contribution in [3.05, 3.63) is 30.1 Å². The number of aromatic nitrogens is 1. The molecule has 1 rings (SSSR count). The molecule has 2 heteroatoms. The smallest absolute Gasteiger partial charge is 0.0270 e. The molecule has 0 aromatic carbocycles. The largest absolute Gasteiger partial charge is 0.316 e. The van der Waals surface area contributed by atoms with E-state index in [-0.39, 0.29) is 0 Å². The Labute approximate surface area is 112 Å². The SMILES string of the molecule is CCCCCC(C)(C)CNCCc1ccncc1. The molecule has 0 aliphatic carbocycles. The van der Waals surface area contributed by atoms with Crippen LogP contribution in [0.4, 0.5) is 0 Å². The van der Waals surface area contributed by atoms with E-state index in [0.717, 1.165) is 19.5 Å². The summed E-state index contributed by atoms with van der Waals surface area (Å²) in [5.74, 6) is 0. The standard InChI is InChI=1S/C16H28N2/c1-4-5-6-10-16(2,3)14-18-13-9-15-7-11-17-12-8-15/h7-8,11-12,18H,4-6,9-10,13-14H2,1-3H3. The van der Waals surface area contributed by atoms with Crippen molar-refractivity contribution in [2.45, 2.75) is 52.9 Å². The van der Waals surface area contributed by atoms with Gasteiger partial charge in [0.1, 0.15) is 0 Å². The molecule has 0 spiro atoms. The van der Waals surface area contributed by atoms with Crippen LogP contribution in [0.25, 0.3) is 0 Å². The third-order valence-corrected chi connectivity index (χ3v) is 3.40. The molecule has 0 amide bonds. The zero-order valence-corrected chi connectivity index (χ0v) is 12.2. The van der Waals surface area contributed by atoms with E-state index in [2.05, 4.69) is 43.2 Å². The summed E-state index contributed by atoms with van der Waals surface area (Å²) >= 11 is 0. The molecular formula is C16H28N2. The summed E-state index contributed by atoms with van der Waals surface area (Å²) in [6.07, 6.45) is 10.2. The van der Waals surface area contributed by atoms with Gasteiger partial charge in [0, 0.05) is 18.9 Å². The van der Waals surface area contributed by atoms with Gasteiger partial charge >= 0.3 is 0 Å². The van der Waals surface area contributed by atoms with Gasteiger partial charge in [-0.1, -0.05) is 40.0 Å². The quantitative estimate of drug-likeness (QED) is 0.672. The molecule has 0 aliphatic rings. The van der Waals surface area contributed by atoms with Crippen molar-refractivity contribution in [1.82, 2.24) is 10.3 Å². The van der Waals surface area contributed by atoms with Gasteiger partial charge in [0.2, 0.25) is 0 Å². The molecular weight excluding hydrogens is 220 g/mol. The van der Waals surface area contributed by atoms with Crippen molar-refractivity contribution in [3.8, 4) is 0 Å². The van der Waals surface area contributed by atoms with Crippen molar-refractivity contribution in [2.24, 2.45) is 5.41 Å². The van der Waals surface area contributed by atoms with Crippen LogP contribution in [0.2, 0.25) is 0 Å². The van der Waals surface area contributed by atoms with Gasteiger partial charge in [0.15, 0.2) is 0 Å². The van der Waals surface area contributed by atoms with Crippen LogP contribution in [0.3, 0.4) is 0 Å². The predicted molar refractivity (Wildman–Crippen MR) is 78.7 cm³/mol. The molecule has 1 heterocycles. The highest BCUT2D eigenvalue weighted by Gasteiger charge is 2.16. The van der Waals surface area contributed by atoms with Gasteiger partial charge in [-0.15, -0.1) is 0 Å². The Balaban J connectivity index is 2.13. The van der Waals surface area contributed by atoms with Gasteiger partial charge in [-0.2, -0.15) is 0 Å². The molecule has 18 heavy (non-hydrogen) atoms. The number of pyridine rings is 1. The maximum Gasteiger partial charge on any atom is 0.0270 e. The lowest BCUT2D eigenvalue weighted by Crippen LogP contribution is -2.30. The van der Waals surface area contributed by atoms with Crippen LogP contribution in [0.5, 0.6) is 0 Å². The number of unbranched alkanes of at least 4 members (excludes halogenated alkanes) is 2. The van der Waals surface area contributed by atoms with Crippen molar-refractivity contribution in [1.29, 1.82) is 0 Å². The second-order valence-corrected chi connectivity index (χ2v) is 5.90. The van der Waals surface area contributed by atoms with Crippen molar-refractivity contribution in [3.63, 3.8) is 0 Å². The van der Waals surface area contributed by atoms with Crippen molar-refractivity contribution >= 4 is 0 Å². The van der Waals surface area contributed by atoms with E-state index in [0.29, 0.717) is 5.41 Å². The third-order valence-electron chi connectivity index (χ3n) is 3.40. The highest BCUT2D eigenvalue weighted by molar-refractivity contribution is 5.09. The molecule has 2 nitrogen and oxygen atoms in total. The third kappa shape index (κ3) is 6.75. The van der Waals surface area contributed by atoms with E-state index in [9.17, 15) is 0 Å². The van der Waals surface area contributed by atoms with E-state index in [4.69, 9.17) is 0 Å². The van der Waals surface area contributed by atoms with Gasteiger partial charge in [-0.05, 0) is 42.5 Å². The average molecular weight is 248 g/mol. The number of hydrogen-bond acceptors (Lipinski definition) is 2. The molecule has 1 N–H and O–H groups in total. The molecule has 0 fully saturated rings. The minimum atomic E-state index is 0.424. The Hall–Kier alpha value is -0.890. The first-order valence-electron chi connectivity index (χ1n) is 7.24. The summed E-state index contributed by atoms with van der Waals surface area (Å²) in [4.78, 5) is 4.03. The monoisotopic (exact) mass is 248 g/mol. The Kier molecular flexibility index (Phi) is 6.96. The summed E-state index contributed by atoms with van der Waals surface area (Å²) in [5, 5.41) is 3.58. The Morgan fingerprint density at radius 1 is 1.17 bits per heavy atom. The van der Waals surface area contributed by atoms with E-state index < -0.39 is 0 Å². The maximum atomic E-state index is 4.03. The van der Waals surface area contributed by atoms with Crippen LogP contribution in [0.15, 0.2) is 24.5 Å². The summed E-state index contributed by atoms with van der Waals surface area (Å²) in [6.45, 7) is 9.16. The minimum absolute atomic E-state index is 0.424. The second-order valence-electron chi connectivity index (χ2n) is 5.90. The summed E-state index contributed by atoms with van der Waals surface area (Å²) in [6, 6.07) is 4.18. The molecule has 0 bridgehead atoms. The first kappa shape index (κ1) is 15.2. The van der Waals surface area contributed by atoms with Gasteiger partial charge < -0.3 is 5.32 Å². The van der Waals surface area contributed by atoms with Crippen LogP contribution < -0.4 is 5.32 Å². The normalized spacial score (nSPS) is 11.7. The lowest BCUT2D eigenvalue weighted by Gasteiger charge is -2.25. The van der Waals surface area contributed by atoms with Crippen molar-refractivity contribution in [2.75, 3.05) is 13.1 Å². The van der Waals surface area contributed by atoms with E-state index in [1.54, 1.807) is 0 Å². The first-order chi connectivity index (χ1) is 8.64. The average Bonchev–Trinajstić information content (AvgIpc) is 2.36. The van der Waals surface area contributed by atoms with Gasteiger partial charge in [-0.25, -0.2) is 0 Å². The zero-order chi connectivity index (χ0) is 13.3. The Bertz CT molecular complexity index is 306. The number of nitrogens with one attached hydrogen (secondary N) is 1. The van der Waals surface area contributed by atoms with Crippen LogP contribution in [-0.4, -0.2) is 18.1 Å². The van der Waals surface area contributed by atoms with Crippen LogP contribution in [0.1, 0.15) is 52.0 Å². The minimum Gasteiger partial charge on any atom is -0.316 e. The molecule has 0 radical (unpaired) electrons. The summed E-state index contributed by atoms with van der Waals surface area (Å²) < 4.78 is 0. The van der Waals surface area contributed by atoms with Gasteiger partial charge in [0.25, 0.3) is 0 Å². The summed E-state index contributed by atoms with van der Waals surface area (Å²) in [5.41, 5.74) is 1.79. The lowest BCUT2D eigenvalue weighted by atomic mass is 9.87. The fourth-order valence-corrected chi connectivity index (χ4v) is 2.15. The number of rotatable bonds is 9. The maximum absolute atomic E-state index is 4.03. The van der Waals surface area contributed by atoms with Crippen LogP contribution in [-0.2, 0) is 6.42 Å². The highest BCUT2D eigenvalue weighted by atomic mass is 14.9. The van der Waals surface area contributed by atoms with Gasteiger partial charge in [-0.3, -0.25) is 4.98 Å². The van der Waals surface area contributed by atoms with Crippen molar-refractivity contribution < 1.29 is 0 Å². The molecule has 0 atom stereocenters. The molecule has 0 unspecified atom stereocenters. The van der Waals surface area contributed by atoms with Crippen LogP contribution >= 0.6 is 0 Å². The molecule has 1 aromatic rings. The summed E-state index contributed by atoms with van der Waals surface area (Å²) in [7, 11) is 0. The molecule has 0 aliphatic heterocycles. The van der Waals surface area contributed by atoms with Gasteiger partial charge in [0.05, 0.1) is 0 Å². The Morgan fingerprint density at radius 3 is 2.56 bits per heavy atom. The number of nitrogens with zero attached hydrogens (tertiary/aromatic N) is 1. The zero-order valence-electron chi connectivity index (χ0n) is 12.2. The molecule has 102 valence electrons. The Morgan fingerprint density at radius 2 is 1.89 bits per heavy atom. The fraction of sp³-hybridized carbons (Fsp3) is 0.688. The van der Waals surface area contributed by atoms with E-state index in [1.807, 2.05) is 12.4 Å². The topological polar surface area (TPSA) is 24.9 Å². The lowest BCUT2D eigenvalue weighted by molar-refractivity contribution is 0.303. The highest BCUT2D eigenvalue weighted by Crippen LogP contribution is 2.22. The first-order valence-corrected chi connectivity index (χ1v) is 7.24. The predicted octanol–water partition coefficient (Wildman–Crippen LogP) is 3.82. The molecule has 0 saturated heterocycles. The number of hydrogen-bond donors (Lipinski definition) is 1. The fourth-order valence-electron chi connectivity index (χ4n) is 2.15. The molecule has 1 aromatic heterocycles. The molecule has 0 saturated carbocycles. The van der Waals surface area contributed by atoms with E-state index in [1.165, 1.54) is 31.2 Å². The van der Waals surface area contributed by atoms with Crippen LogP contribution in [0, 0.1) is 5.41 Å².